The Kier molecular flexibility index (Phi) is 5.64. The Bertz CT molecular complexity index is 281. The minimum absolute atomic E-state index is 0.318. The minimum atomic E-state index is 0.318. The third-order valence-corrected chi connectivity index (χ3v) is 4.63. The van der Waals surface area contributed by atoms with Gasteiger partial charge in [-0.25, -0.2) is 0 Å². The maximum atomic E-state index is 12.2. The van der Waals surface area contributed by atoms with Crippen molar-refractivity contribution in [1.82, 2.24) is 15.1 Å². The topological polar surface area (TPSA) is 35.6 Å². The molecule has 110 valence electrons. The van der Waals surface area contributed by atoms with Crippen LogP contribution in [0.5, 0.6) is 0 Å². The number of likely N-dealkylation sites (tertiary alicyclic amines) is 1. The van der Waals surface area contributed by atoms with E-state index >= 15 is 0 Å². The number of rotatable bonds is 4. The zero-order valence-corrected chi connectivity index (χ0v) is 12.5. The molecule has 4 heteroatoms. The predicted molar refractivity (Wildman–Crippen MR) is 78.1 cm³/mol. The van der Waals surface area contributed by atoms with Crippen LogP contribution < -0.4 is 5.32 Å². The molecule has 0 aromatic carbocycles. The molecule has 0 aromatic rings. The molecule has 1 N–H and O–H groups in total. The van der Waals surface area contributed by atoms with E-state index in [-0.39, 0.29) is 0 Å². The number of nitrogens with zero attached hydrogens (tertiary/aromatic N) is 2. The van der Waals surface area contributed by atoms with Gasteiger partial charge in [0.05, 0.1) is 0 Å². The van der Waals surface area contributed by atoms with Crippen molar-refractivity contribution < 1.29 is 4.79 Å². The SMILES string of the molecule is CN1CCC(CN(C)C(=O)CC2CCCCN2)CC1. The molecule has 2 aliphatic heterocycles. The van der Waals surface area contributed by atoms with Gasteiger partial charge >= 0.3 is 0 Å². The van der Waals surface area contributed by atoms with Crippen LogP contribution in [0.2, 0.25) is 0 Å². The summed E-state index contributed by atoms with van der Waals surface area (Å²) in [6.45, 7) is 4.38. The summed E-state index contributed by atoms with van der Waals surface area (Å²) >= 11 is 0. The molecule has 0 spiro atoms. The number of carbonyl (C=O) groups excluding carboxylic acids is 1. The quantitative estimate of drug-likeness (QED) is 0.834. The second-order valence-corrected chi connectivity index (χ2v) is 6.37. The largest absolute Gasteiger partial charge is 0.345 e. The first-order valence-corrected chi connectivity index (χ1v) is 7.81. The van der Waals surface area contributed by atoms with E-state index < -0.39 is 0 Å². The zero-order chi connectivity index (χ0) is 13.7. The molecule has 1 amide bonds. The van der Waals surface area contributed by atoms with E-state index in [1.807, 2.05) is 11.9 Å². The average molecular weight is 267 g/mol. The van der Waals surface area contributed by atoms with Crippen molar-refractivity contribution in [2.75, 3.05) is 40.3 Å². The Labute approximate surface area is 117 Å². The Morgan fingerprint density at radius 2 is 2.00 bits per heavy atom. The predicted octanol–water partition coefficient (Wildman–Crippen LogP) is 1.32. The molecular weight excluding hydrogens is 238 g/mol. The van der Waals surface area contributed by atoms with Crippen molar-refractivity contribution in [2.24, 2.45) is 5.92 Å². The third kappa shape index (κ3) is 4.77. The molecule has 2 fully saturated rings. The number of nitrogens with one attached hydrogen (secondary N) is 1. The fourth-order valence-corrected chi connectivity index (χ4v) is 3.20. The Balaban J connectivity index is 1.69. The lowest BCUT2D eigenvalue weighted by Crippen LogP contribution is -2.42. The fraction of sp³-hybridized carbons (Fsp3) is 0.933. The first kappa shape index (κ1) is 14.8. The monoisotopic (exact) mass is 267 g/mol. The second kappa shape index (κ2) is 7.25. The van der Waals surface area contributed by atoms with Crippen LogP contribution in [-0.2, 0) is 4.79 Å². The van der Waals surface area contributed by atoms with Crippen molar-refractivity contribution in [3.8, 4) is 0 Å². The first-order valence-electron chi connectivity index (χ1n) is 7.81. The van der Waals surface area contributed by atoms with Gasteiger partial charge in [0, 0.05) is 26.1 Å². The molecule has 4 nitrogen and oxygen atoms in total. The molecule has 2 aliphatic rings. The number of carbonyl (C=O) groups is 1. The van der Waals surface area contributed by atoms with Gasteiger partial charge in [-0.05, 0) is 58.3 Å². The molecule has 2 heterocycles. The van der Waals surface area contributed by atoms with Gasteiger partial charge in [-0.15, -0.1) is 0 Å². The van der Waals surface area contributed by atoms with E-state index in [2.05, 4.69) is 17.3 Å². The second-order valence-electron chi connectivity index (χ2n) is 6.37. The zero-order valence-electron chi connectivity index (χ0n) is 12.5. The fourth-order valence-electron chi connectivity index (χ4n) is 3.20. The van der Waals surface area contributed by atoms with Crippen molar-refractivity contribution >= 4 is 5.91 Å². The highest BCUT2D eigenvalue weighted by molar-refractivity contribution is 5.76. The Morgan fingerprint density at radius 3 is 2.63 bits per heavy atom. The molecule has 0 aliphatic carbocycles. The van der Waals surface area contributed by atoms with Gasteiger partial charge < -0.3 is 15.1 Å². The first-order chi connectivity index (χ1) is 9.15. The van der Waals surface area contributed by atoms with Gasteiger partial charge in [-0.2, -0.15) is 0 Å². The maximum Gasteiger partial charge on any atom is 0.223 e. The summed E-state index contributed by atoms with van der Waals surface area (Å²) in [6, 6.07) is 0.418. The van der Waals surface area contributed by atoms with Gasteiger partial charge in [-0.1, -0.05) is 6.42 Å². The van der Waals surface area contributed by atoms with E-state index in [4.69, 9.17) is 0 Å². The van der Waals surface area contributed by atoms with Crippen LogP contribution in [0.25, 0.3) is 0 Å². The van der Waals surface area contributed by atoms with Gasteiger partial charge in [0.15, 0.2) is 0 Å². The standard InChI is InChI=1S/C15H29N3O/c1-17-9-6-13(7-10-17)12-18(2)15(19)11-14-5-3-4-8-16-14/h13-14,16H,3-12H2,1-2H3. The van der Waals surface area contributed by atoms with Gasteiger partial charge in [0.1, 0.15) is 0 Å². The number of piperidine rings is 2. The van der Waals surface area contributed by atoms with E-state index in [0.29, 0.717) is 24.3 Å². The highest BCUT2D eigenvalue weighted by atomic mass is 16.2. The van der Waals surface area contributed by atoms with E-state index in [1.165, 1.54) is 38.8 Å². The summed E-state index contributed by atoms with van der Waals surface area (Å²) in [7, 11) is 4.16. The van der Waals surface area contributed by atoms with Gasteiger partial charge in [0.2, 0.25) is 5.91 Å². The molecule has 0 aromatic heterocycles. The summed E-state index contributed by atoms with van der Waals surface area (Å²) in [5.74, 6) is 1.02. The molecule has 19 heavy (non-hydrogen) atoms. The maximum absolute atomic E-state index is 12.2. The van der Waals surface area contributed by atoms with E-state index in [9.17, 15) is 4.79 Å². The lowest BCUT2D eigenvalue weighted by atomic mass is 9.96. The number of amides is 1. The highest BCUT2D eigenvalue weighted by Crippen LogP contribution is 2.18. The van der Waals surface area contributed by atoms with Crippen LogP contribution in [0, 0.1) is 5.92 Å². The van der Waals surface area contributed by atoms with Crippen molar-refractivity contribution in [1.29, 1.82) is 0 Å². The molecule has 0 saturated carbocycles. The normalized spacial score (nSPS) is 26.3. The summed E-state index contributed by atoms with van der Waals surface area (Å²) in [6.07, 6.45) is 6.84. The summed E-state index contributed by atoms with van der Waals surface area (Å²) in [5, 5.41) is 3.46. The van der Waals surface area contributed by atoms with Gasteiger partial charge in [-0.3, -0.25) is 4.79 Å². The van der Waals surface area contributed by atoms with Crippen molar-refractivity contribution in [3.63, 3.8) is 0 Å². The number of hydrogen-bond acceptors (Lipinski definition) is 3. The molecule has 2 rings (SSSR count). The molecule has 2 saturated heterocycles. The van der Waals surface area contributed by atoms with Crippen LogP contribution in [0.4, 0.5) is 0 Å². The minimum Gasteiger partial charge on any atom is -0.345 e. The van der Waals surface area contributed by atoms with Crippen LogP contribution >= 0.6 is 0 Å². The molecule has 1 atom stereocenters. The van der Waals surface area contributed by atoms with Crippen molar-refractivity contribution in [3.05, 3.63) is 0 Å². The van der Waals surface area contributed by atoms with Gasteiger partial charge in [0.25, 0.3) is 0 Å². The molecule has 0 radical (unpaired) electrons. The molecular formula is C15H29N3O. The van der Waals surface area contributed by atoms with Crippen LogP contribution in [0.3, 0.4) is 0 Å². The van der Waals surface area contributed by atoms with Crippen LogP contribution in [0.15, 0.2) is 0 Å². The van der Waals surface area contributed by atoms with Crippen LogP contribution in [0.1, 0.15) is 38.5 Å². The lowest BCUT2D eigenvalue weighted by molar-refractivity contribution is -0.131. The summed E-state index contributed by atoms with van der Waals surface area (Å²) in [5.41, 5.74) is 0. The van der Waals surface area contributed by atoms with E-state index in [1.54, 1.807) is 0 Å². The molecule has 1 unspecified atom stereocenters. The number of hydrogen-bond donors (Lipinski definition) is 1. The van der Waals surface area contributed by atoms with Crippen molar-refractivity contribution in [2.45, 2.75) is 44.6 Å². The lowest BCUT2D eigenvalue weighted by Gasteiger charge is -2.32. The van der Waals surface area contributed by atoms with Crippen LogP contribution in [-0.4, -0.2) is 62.0 Å². The third-order valence-electron chi connectivity index (χ3n) is 4.63. The van der Waals surface area contributed by atoms with E-state index in [0.717, 1.165) is 19.5 Å². The Morgan fingerprint density at radius 1 is 1.26 bits per heavy atom. The average Bonchev–Trinajstić information content (AvgIpc) is 2.42. The summed E-state index contributed by atoms with van der Waals surface area (Å²) in [4.78, 5) is 16.6. The smallest absolute Gasteiger partial charge is 0.223 e. The summed E-state index contributed by atoms with van der Waals surface area (Å²) < 4.78 is 0. The Hall–Kier alpha value is -0.610. The molecule has 0 bridgehead atoms. The highest BCUT2D eigenvalue weighted by Gasteiger charge is 2.22.